The Morgan fingerprint density at radius 3 is 2.35 bits per heavy atom. The molecule has 0 aromatic rings. The Hall–Kier alpha value is -0.353. The Bertz CT molecular complexity index is 399. The summed E-state index contributed by atoms with van der Waals surface area (Å²) in [6.07, 6.45) is 3.56. The van der Waals surface area contributed by atoms with Gasteiger partial charge in [-0.25, -0.2) is 0 Å². The highest BCUT2D eigenvalue weighted by Gasteiger charge is 2.42. The Balaban J connectivity index is 3.06. The quantitative estimate of drug-likeness (QED) is 0.458. The normalized spacial score (nSPS) is 22.1. The molecule has 1 saturated heterocycles. The molecule has 0 amide bonds. The molecular formula is C19H40N2OSi. The zero-order valence-electron chi connectivity index (χ0n) is 17.1. The van der Waals surface area contributed by atoms with Crippen LogP contribution in [0.25, 0.3) is 0 Å². The van der Waals surface area contributed by atoms with Gasteiger partial charge in [-0.15, -0.1) is 0 Å². The molecule has 0 radical (unpaired) electrons. The van der Waals surface area contributed by atoms with Crippen LogP contribution in [-0.2, 0) is 4.74 Å². The van der Waals surface area contributed by atoms with Crippen molar-refractivity contribution in [3.8, 4) is 0 Å². The molecule has 1 aliphatic rings. The van der Waals surface area contributed by atoms with Crippen molar-refractivity contribution in [1.82, 2.24) is 5.01 Å². The molecule has 23 heavy (non-hydrogen) atoms. The molecule has 3 nitrogen and oxygen atoms in total. The lowest BCUT2D eigenvalue weighted by Crippen LogP contribution is -2.45. The van der Waals surface area contributed by atoms with Gasteiger partial charge in [-0.2, -0.15) is 5.10 Å². The van der Waals surface area contributed by atoms with Gasteiger partial charge in [0.25, 0.3) is 0 Å². The number of hydrogen-bond acceptors (Lipinski definition) is 3. The van der Waals surface area contributed by atoms with Crippen LogP contribution in [0, 0.1) is 5.92 Å². The number of nitrogens with zero attached hydrogens (tertiary/aromatic N) is 2. The number of methoxy groups -OCH3 is 1. The average Bonchev–Trinajstić information content (AvgIpc) is 2.83. The highest BCUT2D eigenvalue weighted by molar-refractivity contribution is 6.84. The zero-order valence-corrected chi connectivity index (χ0v) is 18.1. The lowest BCUT2D eigenvalue weighted by Gasteiger charge is -2.43. The Morgan fingerprint density at radius 1 is 1.26 bits per heavy atom. The van der Waals surface area contributed by atoms with Crippen molar-refractivity contribution < 1.29 is 4.74 Å². The third-order valence-corrected chi connectivity index (χ3v) is 12.5. The van der Waals surface area contributed by atoms with Crippen LogP contribution in [0.3, 0.4) is 0 Å². The Labute approximate surface area is 145 Å². The minimum Gasteiger partial charge on any atom is -0.382 e. The van der Waals surface area contributed by atoms with Crippen LogP contribution in [0.4, 0.5) is 0 Å². The Kier molecular flexibility index (Phi) is 7.33. The fourth-order valence-electron chi connectivity index (χ4n) is 3.27. The van der Waals surface area contributed by atoms with E-state index >= 15 is 0 Å². The minimum atomic E-state index is -1.44. The lowest BCUT2D eigenvalue weighted by molar-refractivity contribution is 0.117. The summed E-state index contributed by atoms with van der Waals surface area (Å²) in [5.74, 6) is 0.657. The number of hydrazone groups is 1. The summed E-state index contributed by atoms with van der Waals surface area (Å²) in [4.78, 5) is 0. The predicted molar refractivity (Wildman–Crippen MR) is 105 cm³/mol. The first-order valence-electron chi connectivity index (χ1n) is 9.33. The summed E-state index contributed by atoms with van der Waals surface area (Å²) in [6.45, 7) is 21.2. The van der Waals surface area contributed by atoms with E-state index in [-0.39, 0.29) is 0 Å². The second kappa shape index (κ2) is 8.15. The van der Waals surface area contributed by atoms with Crippen LogP contribution < -0.4 is 0 Å². The molecule has 1 aliphatic heterocycles. The third kappa shape index (κ3) is 5.32. The largest absolute Gasteiger partial charge is 0.382 e. The SMILES string of the molecule is COC[C@@H]1CCCN1N=C(CC(C)C)[C@H](C)[Si](C)(C)C(C)(C)C. The van der Waals surface area contributed by atoms with Gasteiger partial charge in [-0.05, 0) is 35.8 Å². The third-order valence-electron chi connectivity index (χ3n) is 6.09. The fraction of sp³-hybridized carbons (Fsp3) is 0.947. The first kappa shape index (κ1) is 20.7. The van der Waals surface area contributed by atoms with Crippen LogP contribution in [0.1, 0.15) is 60.8 Å². The van der Waals surface area contributed by atoms with Crippen LogP contribution in [0.2, 0.25) is 23.7 Å². The molecule has 1 heterocycles. The van der Waals surface area contributed by atoms with Crippen molar-refractivity contribution in [2.24, 2.45) is 11.0 Å². The van der Waals surface area contributed by atoms with Gasteiger partial charge in [0.2, 0.25) is 0 Å². The molecule has 2 atom stereocenters. The first-order chi connectivity index (χ1) is 10.5. The van der Waals surface area contributed by atoms with E-state index in [2.05, 4.69) is 59.6 Å². The minimum absolute atomic E-state index is 0.390. The molecule has 136 valence electrons. The van der Waals surface area contributed by atoms with Crippen LogP contribution in [0.5, 0.6) is 0 Å². The van der Waals surface area contributed by atoms with E-state index in [0.717, 1.165) is 19.6 Å². The van der Waals surface area contributed by atoms with Gasteiger partial charge in [0.1, 0.15) is 0 Å². The maximum Gasteiger partial charge on any atom is 0.0704 e. The summed E-state index contributed by atoms with van der Waals surface area (Å²) < 4.78 is 5.40. The summed E-state index contributed by atoms with van der Waals surface area (Å²) in [6, 6.07) is 0.466. The average molecular weight is 341 g/mol. The molecule has 0 aliphatic carbocycles. The van der Waals surface area contributed by atoms with Crippen molar-refractivity contribution in [1.29, 1.82) is 0 Å². The molecule has 0 N–H and O–H groups in total. The van der Waals surface area contributed by atoms with Gasteiger partial charge in [0.05, 0.1) is 20.7 Å². The smallest absolute Gasteiger partial charge is 0.0704 e. The van der Waals surface area contributed by atoms with Crippen LogP contribution >= 0.6 is 0 Å². The second-order valence-electron chi connectivity index (χ2n) is 9.30. The topological polar surface area (TPSA) is 24.8 Å². The highest BCUT2D eigenvalue weighted by atomic mass is 28.3. The predicted octanol–water partition coefficient (Wildman–Crippen LogP) is 5.40. The monoisotopic (exact) mass is 340 g/mol. The molecule has 1 rings (SSSR count). The Morgan fingerprint density at radius 2 is 1.87 bits per heavy atom. The lowest BCUT2D eigenvalue weighted by atomic mass is 10.0. The molecule has 0 spiro atoms. The van der Waals surface area contributed by atoms with Gasteiger partial charge in [-0.3, -0.25) is 5.01 Å². The van der Waals surface area contributed by atoms with E-state index in [1.807, 2.05) is 0 Å². The van der Waals surface area contributed by atoms with Crippen molar-refractivity contribution in [2.75, 3.05) is 20.3 Å². The van der Waals surface area contributed by atoms with Gasteiger partial charge >= 0.3 is 0 Å². The number of rotatable bonds is 7. The van der Waals surface area contributed by atoms with E-state index in [4.69, 9.17) is 9.84 Å². The van der Waals surface area contributed by atoms with Crippen LogP contribution in [0.15, 0.2) is 5.10 Å². The first-order valence-corrected chi connectivity index (χ1v) is 12.4. The molecule has 0 aromatic heterocycles. The van der Waals surface area contributed by atoms with E-state index in [1.54, 1.807) is 7.11 Å². The molecular weight excluding hydrogens is 300 g/mol. The molecule has 0 bridgehead atoms. The maximum atomic E-state index is 5.40. The van der Waals surface area contributed by atoms with Crippen molar-refractivity contribution in [3.05, 3.63) is 0 Å². The van der Waals surface area contributed by atoms with E-state index in [1.165, 1.54) is 18.6 Å². The summed E-state index contributed by atoms with van der Waals surface area (Å²) in [5.41, 5.74) is 2.03. The zero-order chi connectivity index (χ0) is 17.8. The number of ether oxygens (including phenoxy) is 1. The van der Waals surface area contributed by atoms with E-state index < -0.39 is 8.07 Å². The summed E-state index contributed by atoms with van der Waals surface area (Å²) in [7, 11) is 0.360. The molecule has 0 aromatic carbocycles. The van der Waals surface area contributed by atoms with Crippen molar-refractivity contribution in [2.45, 2.75) is 90.5 Å². The standard InChI is InChI=1S/C19H40N2OSi/c1-15(2)13-18(16(3)23(8,9)19(4,5)6)20-21-12-10-11-17(21)14-22-7/h15-17H,10-14H2,1-9H3/t16-,17-/m0/s1. The van der Waals surface area contributed by atoms with Gasteiger partial charge in [0.15, 0.2) is 0 Å². The molecule has 0 saturated carbocycles. The summed E-state index contributed by atoms with van der Waals surface area (Å²) in [5, 5.41) is 7.91. The fourth-order valence-corrected chi connectivity index (χ4v) is 5.58. The van der Waals surface area contributed by atoms with Crippen molar-refractivity contribution >= 4 is 13.8 Å². The maximum absolute atomic E-state index is 5.40. The van der Waals surface area contributed by atoms with E-state index in [9.17, 15) is 0 Å². The van der Waals surface area contributed by atoms with Gasteiger partial charge < -0.3 is 4.74 Å². The molecule has 0 unspecified atom stereocenters. The molecule has 4 heteroatoms. The van der Waals surface area contributed by atoms with Gasteiger partial charge in [0, 0.05) is 19.4 Å². The van der Waals surface area contributed by atoms with Gasteiger partial charge in [-0.1, -0.05) is 54.6 Å². The highest BCUT2D eigenvalue weighted by Crippen LogP contribution is 2.44. The van der Waals surface area contributed by atoms with Crippen molar-refractivity contribution in [3.63, 3.8) is 0 Å². The van der Waals surface area contributed by atoms with Crippen LogP contribution in [-0.4, -0.2) is 45.1 Å². The summed E-state index contributed by atoms with van der Waals surface area (Å²) >= 11 is 0. The second-order valence-corrected chi connectivity index (χ2v) is 15.1. The van der Waals surface area contributed by atoms with E-state index in [0.29, 0.717) is 22.5 Å². The number of hydrogen-bond donors (Lipinski definition) is 0. The molecule has 1 fully saturated rings.